The largest absolute Gasteiger partial charge is 0.384 e. The topological polar surface area (TPSA) is 98.4 Å². The van der Waals surface area contributed by atoms with Crippen LogP contribution in [0.15, 0.2) is 48.7 Å². The van der Waals surface area contributed by atoms with Gasteiger partial charge in [-0.3, -0.25) is 4.79 Å². The summed E-state index contributed by atoms with van der Waals surface area (Å²) in [6.07, 6.45) is 1.41. The van der Waals surface area contributed by atoms with E-state index in [-0.39, 0.29) is 0 Å². The number of amides is 1. The molecule has 0 radical (unpaired) electrons. The van der Waals surface area contributed by atoms with Gasteiger partial charge in [0.2, 0.25) is 0 Å². The van der Waals surface area contributed by atoms with Crippen molar-refractivity contribution in [2.45, 2.75) is 0 Å². The Labute approximate surface area is 115 Å². The van der Waals surface area contributed by atoms with Crippen LogP contribution in [0.4, 0.5) is 17.2 Å². The van der Waals surface area contributed by atoms with Gasteiger partial charge in [0.05, 0.1) is 23.0 Å². The number of nitrogen functional groups attached to an aromatic ring is 1. The molecule has 1 amide bonds. The van der Waals surface area contributed by atoms with E-state index < -0.39 is 5.91 Å². The summed E-state index contributed by atoms with van der Waals surface area (Å²) < 4.78 is 1.55. The summed E-state index contributed by atoms with van der Waals surface area (Å²) >= 11 is 0. The lowest BCUT2D eigenvalue weighted by Crippen LogP contribution is -2.15. The number of nitrogens with zero attached hydrogens (tertiary/aromatic N) is 2. The monoisotopic (exact) mass is 267 g/mol. The van der Waals surface area contributed by atoms with E-state index in [9.17, 15) is 4.79 Å². The number of fused-ring (bicyclic) bond motifs is 1. The number of carbonyl (C=O) groups excluding carboxylic acids is 1. The van der Waals surface area contributed by atoms with Gasteiger partial charge in [-0.1, -0.05) is 18.2 Å². The summed E-state index contributed by atoms with van der Waals surface area (Å²) in [6, 6.07) is 13.0. The van der Waals surface area contributed by atoms with Crippen molar-refractivity contribution >= 4 is 28.6 Å². The van der Waals surface area contributed by atoms with Crippen LogP contribution < -0.4 is 16.8 Å². The van der Waals surface area contributed by atoms with Gasteiger partial charge in [-0.05, 0) is 24.3 Å². The molecule has 0 saturated heterocycles. The molecule has 3 rings (SSSR count). The summed E-state index contributed by atoms with van der Waals surface area (Å²) in [7, 11) is 0. The lowest BCUT2D eigenvalue weighted by Gasteiger charge is -2.12. The standard InChI is InChI=1S/C14H13N5O/c15-12-7-6-11-13(18-9-4-2-1-3-5-9)10(14(16)20)8-17-19(11)12/h1-8,18H,15H2,(H2,16,20). The highest BCUT2D eigenvalue weighted by Gasteiger charge is 2.14. The van der Waals surface area contributed by atoms with Gasteiger partial charge >= 0.3 is 0 Å². The Morgan fingerprint density at radius 1 is 1.15 bits per heavy atom. The number of anilines is 3. The van der Waals surface area contributed by atoms with Crippen LogP contribution in [0, 0.1) is 0 Å². The van der Waals surface area contributed by atoms with Crippen molar-refractivity contribution < 1.29 is 4.79 Å². The Morgan fingerprint density at radius 2 is 1.90 bits per heavy atom. The van der Waals surface area contributed by atoms with E-state index in [4.69, 9.17) is 11.5 Å². The second-order valence-corrected chi connectivity index (χ2v) is 4.34. The third-order valence-electron chi connectivity index (χ3n) is 3.02. The van der Waals surface area contributed by atoms with E-state index >= 15 is 0 Å². The zero-order valence-corrected chi connectivity index (χ0v) is 10.6. The average Bonchev–Trinajstić information content (AvgIpc) is 2.82. The van der Waals surface area contributed by atoms with E-state index in [1.54, 1.807) is 16.6 Å². The molecule has 6 heteroatoms. The first-order chi connectivity index (χ1) is 9.66. The van der Waals surface area contributed by atoms with Gasteiger partial charge in [-0.2, -0.15) is 5.10 Å². The smallest absolute Gasteiger partial charge is 0.252 e. The fraction of sp³-hybridized carbons (Fsp3) is 0. The number of aromatic nitrogens is 2. The summed E-state index contributed by atoms with van der Waals surface area (Å²) in [5, 5.41) is 7.31. The van der Waals surface area contributed by atoms with Crippen molar-refractivity contribution in [2.75, 3.05) is 11.1 Å². The van der Waals surface area contributed by atoms with Gasteiger partial charge in [0.1, 0.15) is 5.82 Å². The average molecular weight is 267 g/mol. The number of nitrogens with two attached hydrogens (primary N) is 2. The number of benzene rings is 1. The highest BCUT2D eigenvalue weighted by Crippen LogP contribution is 2.27. The lowest BCUT2D eigenvalue weighted by molar-refractivity contribution is 0.100. The summed E-state index contributed by atoms with van der Waals surface area (Å²) in [5.41, 5.74) is 13.7. The molecule has 100 valence electrons. The minimum atomic E-state index is -0.543. The third-order valence-corrected chi connectivity index (χ3v) is 3.02. The fourth-order valence-corrected chi connectivity index (χ4v) is 2.06. The second-order valence-electron chi connectivity index (χ2n) is 4.34. The maximum atomic E-state index is 11.6. The maximum Gasteiger partial charge on any atom is 0.252 e. The van der Waals surface area contributed by atoms with Crippen molar-refractivity contribution in [3.8, 4) is 0 Å². The first-order valence-electron chi connectivity index (χ1n) is 6.05. The van der Waals surface area contributed by atoms with Crippen LogP contribution in [0.3, 0.4) is 0 Å². The second kappa shape index (κ2) is 4.58. The fourth-order valence-electron chi connectivity index (χ4n) is 2.06. The van der Waals surface area contributed by atoms with Gasteiger partial charge in [0, 0.05) is 5.69 Å². The van der Waals surface area contributed by atoms with E-state index in [1.165, 1.54) is 6.20 Å². The number of para-hydroxylation sites is 1. The van der Waals surface area contributed by atoms with Crippen molar-refractivity contribution in [1.82, 2.24) is 9.61 Å². The van der Waals surface area contributed by atoms with Gasteiger partial charge in [-0.15, -0.1) is 0 Å². The quantitative estimate of drug-likeness (QED) is 0.673. The summed E-state index contributed by atoms with van der Waals surface area (Å²) in [6.45, 7) is 0. The zero-order chi connectivity index (χ0) is 14.1. The Morgan fingerprint density at radius 3 is 2.60 bits per heavy atom. The number of hydrogen-bond acceptors (Lipinski definition) is 4. The Balaban J connectivity index is 2.20. The molecule has 20 heavy (non-hydrogen) atoms. The molecule has 0 aliphatic heterocycles. The molecule has 2 heterocycles. The van der Waals surface area contributed by atoms with Gasteiger partial charge < -0.3 is 16.8 Å². The van der Waals surface area contributed by atoms with Crippen LogP contribution in [-0.4, -0.2) is 15.5 Å². The maximum absolute atomic E-state index is 11.6. The van der Waals surface area contributed by atoms with E-state index in [1.807, 2.05) is 30.3 Å². The first-order valence-corrected chi connectivity index (χ1v) is 6.05. The highest BCUT2D eigenvalue weighted by molar-refractivity contribution is 6.03. The molecule has 0 saturated carbocycles. The number of carbonyl (C=O) groups is 1. The predicted molar refractivity (Wildman–Crippen MR) is 77.8 cm³/mol. The molecular formula is C14H13N5O. The van der Waals surface area contributed by atoms with E-state index in [0.717, 1.165) is 5.69 Å². The molecule has 0 spiro atoms. The van der Waals surface area contributed by atoms with Crippen molar-refractivity contribution in [2.24, 2.45) is 5.73 Å². The summed E-state index contributed by atoms with van der Waals surface area (Å²) in [4.78, 5) is 11.6. The Bertz CT molecular complexity index is 779. The molecule has 0 bridgehead atoms. The summed E-state index contributed by atoms with van der Waals surface area (Å²) in [5.74, 6) is -0.0506. The van der Waals surface area contributed by atoms with Crippen LogP contribution in [0.2, 0.25) is 0 Å². The molecule has 0 unspecified atom stereocenters. The molecule has 5 N–H and O–H groups in total. The van der Waals surface area contributed by atoms with Gasteiger partial charge in [0.25, 0.3) is 5.91 Å². The molecule has 0 atom stereocenters. The van der Waals surface area contributed by atoms with Crippen LogP contribution in [0.1, 0.15) is 10.4 Å². The lowest BCUT2D eigenvalue weighted by atomic mass is 10.2. The minimum absolute atomic E-state index is 0.319. The molecule has 6 nitrogen and oxygen atoms in total. The molecule has 0 aliphatic carbocycles. The van der Waals surface area contributed by atoms with Crippen molar-refractivity contribution in [3.05, 3.63) is 54.2 Å². The van der Waals surface area contributed by atoms with Crippen LogP contribution in [-0.2, 0) is 0 Å². The Kier molecular flexibility index (Phi) is 2.76. The van der Waals surface area contributed by atoms with Crippen LogP contribution in [0.25, 0.3) is 5.52 Å². The molecule has 3 aromatic rings. The van der Waals surface area contributed by atoms with Gasteiger partial charge in [0.15, 0.2) is 0 Å². The molecule has 1 aromatic carbocycles. The number of primary amides is 1. The van der Waals surface area contributed by atoms with E-state index in [0.29, 0.717) is 22.6 Å². The Hall–Kier alpha value is -3.02. The predicted octanol–water partition coefficient (Wildman–Crippen LogP) is 1.76. The van der Waals surface area contributed by atoms with Crippen molar-refractivity contribution in [1.29, 1.82) is 0 Å². The first kappa shape index (κ1) is 12.0. The molecular weight excluding hydrogens is 254 g/mol. The zero-order valence-electron chi connectivity index (χ0n) is 10.6. The molecule has 0 aliphatic rings. The molecule has 0 fully saturated rings. The van der Waals surface area contributed by atoms with Crippen LogP contribution in [0.5, 0.6) is 0 Å². The van der Waals surface area contributed by atoms with Crippen LogP contribution >= 0.6 is 0 Å². The SMILES string of the molecule is NC(=O)c1cnn2c(N)ccc2c1Nc1ccccc1. The minimum Gasteiger partial charge on any atom is -0.384 e. The molecule has 2 aromatic heterocycles. The van der Waals surface area contributed by atoms with Crippen molar-refractivity contribution in [3.63, 3.8) is 0 Å². The van der Waals surface area contributed by atoms with Gasteiger partial charge in [-0.25, -0.2) is 4.52 Å². The number of hydrogen-bond donors (Lipinski definition) is 3. The van der Waals surface area contributed by atoms with E-state index in [2.05, 4.69) is 10.4 Å². The normalized spacial score (nSPS) is 10.6. The highest BCUT2D eigenvalue weighted by atomic mass is 16.1. The number of rotatable bonds is 3. The number of nitrogens with one attached hydrogen (secondary N) is 1. The third kappa shape index (κ3) is 1.93.